The van der Waals surface area contributed by atoms with E-state index in [2.05, 4.69) is 10.2 Å². The maximum Gasteiger partial charge on any atom is 0.420 e. The van der Waals surface area contributed by atoms with Crippen LogP contribution >= 0.6 is 0 Å². The van der Waals surface area contributed by atoms with Gasteiger partial charge in [-0.1, -0.05) is 30.3 Å². The number of hydrogen-bond acceptors (Lipinski definition) is 4. The number of aromatic nitrogens is 3. The third-order valence-corrected chi connectivity index (χ3v) is 5.90. The Kier molecular flexibility index (Phi) is 4.99. The number of alkyl halides is 3. The minimum atomic E-state index is -4.49. The van der Waals surface area contributed by atoms with Crippen LogP contribution in [0, 0.1) is 5.92 Å². The monoisotopic (exact) mass is 416 g/mol. The van der Waals surface area contributed by atoms with Gasteiger partial charge < -0.3 is 4.74 Å². The third-order valence-electron chi connectivity index (χ3n) is 5.90. The number of rotatable bonds is 5. The number of hydrogen-bond donors (Lipinski definition) is 0. The minimum Gasteiger partial charge on any atom is -0.371 e. The number of nitrogens with zero attached hydrogens (tertiary/aromatic N) is 4. The maximum atomic E-state index is 14.0. The molecular formula is C22H23F3N4O. The van der Waals surface area contributed by atoms with Crippen molar-refractivity contribution in [2.45, 2.75) is 38.1 Å². The Labute approximate surface area is 172 Å². The van der Waals surface area contributed by atoms with Gasteiger partial charge in [0.15, 0.2) is 5.65 Å². The quantitative estimate of drug-likeness (QED) is 0.623. The highest BCUT2D eigenvalue weighted by molar-refractivity contribution is 5.53. The highest BCUT2D eigenvalue weighted by Gasteiger charge is 2.38. The van der Waals surface area contributed by atoms with Crippen LogP contribution in [0.15, 0.2) is 42.6 Å². The first kappa shape index (κ1) is 19.5. The molecule has 3 heterocycles. The Bertz CT molecular complexity index is 1030. The number of pyridine rings is 1. The Morgan fingerprint density at radius 2 is 1.87 bits per heavy atom. The van der Waals surface area contributed by atoms with Crippen LogP contribution in [0.3, 0.4) is 0 Å². The summed E-state index contributed by atoms with van der Waals surface area (Å²) in [7, 11) is 0. The van der Waals surface area contributed by atoms with Crippen LogP contribution in [-0.2, 0) is 23.9 Å². The van der Waals surface area contributed by atoms with Crippen LogP contribution in [0.4, 0.5) is 13.2 Å². The van der Waals surface area contributed by atoms with Gasteiger partial charge in [-0.15, -0.1) is 10.2 Å². The van der Waals surface area contributed by atoms with Crippen molar-refractivity contribution < 1.29 is 17.9 Å². The predicted octanol–water partition coefficient (Wildman–Crippen LogP) is 4.27. The van der Waals surface area contributed by atoms with Gasteiger partial charge in [0.2, 0.25) is 0 Å². The largest absolute Gasteiger partial charge is 0.420 e. The molecule has 0 bridgehead atoms. The zero-order chi connectivity index (χ0) is 20.7. The smallest absolute Gasteiger partial charge is 0.371 e. The Balaban J connectivity index is 1.43. The summed E-state index contributed by atoms with van der Waals surface area (Å²) in [4.78, 5) is 2.02. The molecule has 0 N–H and O–H groups in total. The van der Waals surface area contributed by atoms with Gasteiger partial charge in [0.25, 0.3) is 0 Å². The first-order valence-corrected chi connectivity index (χ1v) is 10.3. The molecule has 1 aliphatic carbocycles. The first-order chi connectivity index (χ1) is 14.5. The zero-order valence-corrected chi connectivity index (χ0v) is 16.5. The molecule has 0 spiro atoms. The highest BCUT2D eigenvalue weighted by atomic mass is 19.4. The van der Waals surface area contributed by atoms with E-state index < -0.39 is 11.7 Å². The fourth-order valence-corrected chi connectivity index (χ4v) is 4.16. The summed E-state index contributed by atoms with van der Waals surface area (Å²) in [6.45, 7) is 1.82. The summed E-state index contributed by atoms with van der Waals surface area (Å²) < 4.78 is 49.5. The molecule has 2 aromatic heterocycles. The van der Waals surface area contributed by atoms with Crippen LogP contribution in [0.2, 0.25) is 0 Å². The zero-order valence-electron chi connectivity index (χ0n) is 16.5. The van der Waals surface area contributed by atoms with E-state index in [-0.39, 0.29) is 23.9 Å². The molecule has 158 valence electrons. The van der Waals surface area contributed by atoms with E-state index in [1.165, 1.54) is 4.40 Å². The van der Waals surface area contributed by atoms with Crippen molar-refractivity contribution in [1.82, 2.24) is 19.5 Å². The Morgan fingerprint density at radius 3 is 2.60 bits per heavy atom. The lowest BCUT2D eigenvalue weighted by Crippen LogP contribution is -2.38. The fourth-order valence-electron chi connectivity index (χ4n) is 4.16. The summed E-state index contributed by atoms with van der Waals surface area (Å²) in [6, 6.07) is 11.4. The molecular weight excluding hydrogens is 393 g/mol. The van der Waals surface area contributed by atoms with E-state index in [4.69, 9.17) is 4.74 Å². The Morgan fingerprint density at radius 1 is 1.07 bits per heavy atom. The topological polar surface area (TPSA) is 42.7 Å². The molecule has 2 aliphatic rings. The second-order valence-corrected chi connectivity index (χ2v) is 8.18. The van der Waals surface area contributed by atoms with Crippen molar-refractivity contribution in [3.8, 4) is 0 Å². The summed E-state index contributed by atoms with van der Waals surface area (Å²) in [5, 5.41) is 8.00. The maximum absolute atomic E-state index is 14.0. The van der Waals surface area contributed by atoms with Crippen molar-refractivity contribution in [3.05, 3.63) is 65.1 Å². The van der Waals surface area contributed by atoms with Gasteiger partial charge in [-0.05, 0) is 36.0 Å². The molecule has 30 heavy (non-hydrogen) atoms. The van der Waals surface area contributed by atoms with Crippen LogP contribution in [-0.4, -0.2) is 39.2 Å². The van der Waals surface area contributed by atoms with E-state index in [0.29, 0.717) is 37.9 Å². The molecule has 0 radical (unpaired) electrons. The molecule has 2 fully saturated rings. The van der Waals surface area contributed by atoms with E-state index in [1.54, 1.807) is 12.3 Å². The van der Waals surface area contributed by atoms with Crippen molar-refractivity contribution in [2.24, 2.45) is 5.92 Å². The van der Waals surface area contributed by atoms with Crippen molar-refractivity contribution in [2.75, 3.05) is 19.7 Å². The normalized spacial score (nSPS) is 20.7. The van der Waals surface area contributed by atoms with Crippen LogP contribution in [0.25, 0.3) is 5.65 Å². The molecule has 1 atom stereocenters. The highest BCUT2D eigenvalue weighted by Crippen LogP contribution is 2.37. The molecule has 3 aromatic rings. The van der Waals surface area contributed by atoms with E-state index in [1.807, 2.05) is 35.2 Å². The molecule has 5 nitrogen and oxygen atoms in total. The fraction of sp³-hybridized carbons (Fsp3) is 0.455. The number of fused-ring (bicyclic) bond motifs is 1. The lowest BCUT2D eigenvalue weighted by molar-refractivity contribution is -0.137. The van der Waals surface area contributed by atoms with E-state index in [9.17, 15) is 13.2 Å². The number of ether oxygens (including phenoxy) is 1. The van der Waals surface area contributed by atoms with Gasteiger partial charge in [0.05, 0.1) is 12.7 Å². The number of halogens is 3. The van der Waals surface area contributed by atoms with Crippen LogP contribution < -0.4 is 0 Å². The summed E-state index contributed by atoms with van der Waals surface area (Å²) >= 11 is 0. The summed E-state index contributed by atoms with van der Waals surface area (Å²) in [5.41, 5.74) is 0.496. The average Bonchev–Trinajstić information content (AvgIpc) is 3.46. The van der Waals surface area contributed by atoms with Gasteiger partial charge >= 0.3 is 6.18 Å². The van der Waals surface area contributed by atoms with Crippen molar-refractivity contribution in [3.63, 3.8) is 0 Å². The molecule has 1 saturated carbocycles. The molecule has 8 heteroatoms. The predicted molar refractivity (Wildman–Crippen MR) is 105 cm³/mol. The summed E-state index contributed by atoms with van der Waals surface area (Å²) in [6.07, 6.45) is -0.0480. The SMILES string of the molecule is FC(F)(F)c1c(CN2CCO[C@@H](c3ccccc3)C2)ccn2c(CC3CC3)nnc12. The van der Waals surface area contributed by atoms with Gasteiger partial charge in [-0.2, -0.15) is 13.2 Å². The lowest BCUT2D eigenvalue weighted by atomic mass is 10.1. The molecule has 1 aliphatic heterocycles. The Hall–Kier alpha value is -2.45. The third kappa shape index (κ3) is 3.94. The van der Waals surface area contributed by atoms with Crippen molar-refractivity contribution >= 4 is 5.65 Å². The molecule has 1 aromatic carbocycles. The lowest BCUT2D eigenvalue weighted by Gasteiger charge is -2.33. The summed E-state index contributed by atoms with van der Waals surface area (Å²) in [5.74, 6) is 1.13. The van der Waals surface area contributed by atoms with Gasteiger partial charge in [-0.3, -0.25) is 9.30 Å². The average molecular weight is 416 g/mol. The number of benzene rings is 1. The molecule has 0 unspecified atom stereocenters. The van der Waals surface area contributed by atoms with Crippen LogP contribution in [0.5, 0.6) is 0 Å². The van der Waals surface area contributed by atoms with E-state index in [0.717, 1.165) is 18.4 Å². The number of morpholine rings is 1. The molecule has 5 rings (SSSR count). The second kappa shape index (κ2) is 7.67. The first-order valence-electron chi connectivity index (χ1n) is 10.3. The van der Waals surface area contributed by atoms with Gasteiger partial charge in [0.1, 0.15) is 11.4 Å². The van der Waals surface area contributed by atoms with Crippen molar-refractivity contribution in [1.29, 1.82) is 0 Å². The van der Waals surface area contributed by atoms with Gasteiger partial charge in [-0.25, -0.2) is 0 Å². The molecule has 1 saturated heterocycles. The standard InChI is InChI=1S/C22H23F3N4O/c23-22(24,25)20-17(8-9-29-19(12-15-6-7-15)26-27-21(20)29)13-28-10-11-30-18(14-28)16-4-2-1-3-5-16/h1-5,8-9,15,18H,6-7,10-14H2/t18-/m1/s1. The minimum absolute atomic E-state index is 0.0940. The van der Waals surface area contributed by atoms with Crippen LogP contribution in [0.1, 0.15) is 41.5 Å². The second-order valence-electron chi connectivity index (χ2n) is 8.18. The molecule has 0 amide bonds. The van der Waals surface area contributed by atoms with E-state index >= 15 is 0 Å². The van der Waals surface area contributed by atoms with Gasteiger partial charge in [0, 0.05) is 32.3 Å².